The lowest BCUT2D eigenvalue weighted by atomic mass is 10.2. The van der Waals surface area contributed by atoms with E-state index in [-0.39, 0.29) is 29.8 Å². The molecule has 4 aromatic rings. The van der Waals surface area contributed by atoms with Crippen LogP contribution < -0.4 is 14.4 Å². The number of thiazole rings is 1. The Kier molecular flexibility index (Phi) is 12.2. The summed E-state index contributed by atoms with van der Waals surface area (Å²) in [4.78, 5) is 23.0. The SMILES string of the molecule is CCN(Cc1ccccc1)S(=O)(=O)c1ccc(C(=O)N(CCCN2CCOCC2)c2nc3c(OC)ccc(OC)c3s2)cc1.Cl. The third kappa shape index (κ3) is 7.94. The number of aromatic nitrogens is 1. The van der Waals surface area contributed by atoms with Crippen LogP contribution in [0.4, 0.5) is 5.13 Å². The van der Waals surface area contributed by atoms with Gasteiger partial charge >= 0.3 is 0 Å². The summed E-state index contributed by atoms with van der Waals surface area (Å²) in [7, 11) is -0.587. The molecular weight excluding hydrogens is 636 g/mol. The first-order valence-electron chi connectivity index (χ1n) is 14.6. The average Bonchev–Trinajstić information content (AvgIpc) is 3.51. The fraction of sp³-hybridized carbons (Fsp3) is 0.375. The summed E-state index contributed by atoms with van der Waals surface area (Å²) in [6.07, 6.45) is 0.730. The van der Waals surface area contributed by atoms with E-state index in [1.165, 1.54) is 27.8 Å². The van der Waals surface area contributed by atoms with Crippen molar-refractivity contribution in [3.05, 3.63) is 77.9 Å². The largest absolute Gasteiger partial charge is 0.495 e. The van der Waals surface area contributed by atoms with Crippen molar-refractivity contribution in [2.45, 2.75) is 24.8 Å². The molecule has 0 unspecified atom stereocenters. The highest BCUT2D eigenvalue weighted by atomic mass is 35.5. The molecule has 1 fully saturated rings. The van der Waals surface area contributed by atoms with Crippen LogP contribution in [0.3, 0.4) is 0 Å². The van der Waals surface area contributed by atoms with Crippen LogP contribution in [0, 0.1) is 0 Å². The van der Waals surface area contributed by atoms with Gasteiger partial charge in [0.05, 0.1) is 32.3 Å². The Morgan fingerprint density at radius 3 is 2.29 bits per heavy atom. The van der Waals surface area contributed by atoms with E-state index in [0.29, 0.717) is 54.0 Å². The number of anilines is 1. The van der Waals surface area contributed by atoms with Crippen LogP contribution >= 0.6 is 23.7 Å². The number of carbonyl (C=O) groups is 1. The molecule has 10 nitrogen and oxygen atoms in total. The maximum Gasteiger partial charge on any atom is 0.260 e. The molecule has 1 aliphatic heterocycles. The molecule has 1 aromatic heterocycles. The second kappa shape index (κ2) is 15.8. The zero-order valence-corrected chi connectivity index (χ0v) is 28.1. The van der Waals surface area contributed by atoms with E-state index in [2.05, 4.69) is 4.90 Å². The van der Waals surface area contributed by atoms with Crippen molar-refractivity contribution in [2.75, 3.05) is 65.1 Å². The zero-order valence-electron chi connectivity index (χ0n) is 25.7. The highest BCUT2D eigenvalue weighted by Gasteiger charge is 2.27. The molecule has 5 rings (SSSR count). The predicted molar refractivity (Wildman–Crippen MR) is 180 cm³/mol. The molecule has 0 bridgehead atoms. The van der Waals surface area contributed by atoms with E-state index in [1.54, 1.807) is 37.3 Å². The van der Waals surface area contributed by atoms with Crippen molar-refractivity contribution in [3.8, 4) is 11.5 Å². The van der Waals surface area contributed by atoms with Crippen molar-refractivity contribution in [1.29, 1.82) is 0 Å². The molecular formula is C32H39ClN4O6S2. The van der Waals surface area contributed by atoms with Gasteiger partial charge in [-0.2, -0.15) is 4.31 Å². The standard InChI is InChI=1S/C32H38N4O6S2.ClH/c1-4-35(23-24-9-6-5-7-10-24)44(38,39)26-13-11-25(12-14-26)31(37)36(18-8-17-34-19-21-42-22-20-34)32-33-29-27(40-2)15-16-28(41-3)30(29)43-32;/h5-7,9-16H,4,8,17-23H2,1-3H3;1H. The molecule has 0 spiro atoms. The predicted octanol–water partition coefficient (Wildman–Crippen LogP) is 5.32. The highest BCUT2D eigenvalue weighted by Crippen LogP contribution is 2.40. The van der Waals surface area contributed by atoms with E-state index in [0.717, 1.165) is 36.3 Å². The Labute approximate surface area is 275 Å². The molecule has 0 N–H and O–H groups in total. The zero-order chi connectivity index (χ0) is 31.1. The number of ether oxygens (including phenoxy) is 3. The molecule has 1 saturated heterocycles. The summed E-state index contributed by atoms with van der Waals surface area (Å²) < 4.78 is 45.8. The maximum atomic E-state index is 14.0. The molecule has 45 heavy (non-hydrogen) atoms. The summed E-state index contributed by atoms with van der Waals surface area (Å²) in [5.74, 6) is 0.981. The average molecular weight is 675 g/mol. The van der Waals surface area contributed by atoms with Crippen LogP contribution in [0.1, 0.15) is 29.3 Å². The lowest BCUT2D eigenvalue weighted by Crippen LogP contribution is -2.39. The van der Waals surface area contributed by atoms with Crippen LogP contribution in [0.25, 0.3) is 10.2 Å². The van der Waals surface area contributed by atoms with E-state index in [9.17, 15) is 13.2 Å². The topological polar surface area (TPSA) is 102 Å². The molecule has 1 aliphatic rings. The molecule has 1 amide bonds. The van der Waals surface area contributed by atoms with Gasteiger partial charge in [0.25, 0.3) is 5.91 Å². The van der Waals surface area contributed by atoms with Crippen molar-refractivity contribution >= 4 is 55.0 Å². The Hall–Kier alpha value is -3.26. The number of sulfonamides is 1. The summed E-state index contributed by atoms with van der Waals surface area (Å²) >= 11 is 1.36. The number of rotatable bonds is 13. The molecule has 0 atom stereocenters. The summed E-state index contributed by atoms with van der Waals surface area (Å²) in [5.41, 5.74) is 1.90. The van der Waals surface area contributed by atoms with Gasteiger partial charge < -0.3 is 14.2 Å². The van der Waals surface area contributed by atoms with Gasteiger partial charge in [-0.25, -0.2) is 13.4 Å². The van der Waals surface area contributed by atoms with Crippen molar-refractivity contribution in [1.82, 2.24) is 14.2 Å². The van der Waals surface area contributed by atoms with Gasteiger partial charge in [-0.1, -0.05) is 48.6 Å². The van der Waals surface area contributed by atoms with E-state index in [4.69, 9.17) is 19.2 Å². The number of fused-ring (bicyclic) bond motifs is 1. The van der Waals surface area contributed by atoms with Crippen LogP contribution in [0.15, 0.2) is 71.6 Å². The number of hydrogen-bond donors (Lipinski definition) is 0. The first kappa shape index (κ1) is 34.6. The van der Waals surface area contributed by atoms with Crippen molar-refractivity contribution < 1.29 is 27.4 Å². The van der Waals surface area contributed by atoms with Crippen LogP contribution in [0.5, 0.6) is 11.5 Å². The quantitative estimate of drug-likeness (QED) is 0.188. The smallest absolute Gasteiger partial charge is 0.260 e. The Balaban J connectivity index is 0.00000461. The van der Waals surface area contributed by atoms with Crippen LogP contribution in [-0.2, 0) is 21.3 Å². The number of hydrogen-bond acceptors (Lipinski definition) is 9. The molecule has 3 aromatic carbocycles. The van der Waals surface area contributed by atoms with Crippen LogP contribution in [0.2, 0.25) is 0 Å². The number of methoxy groups -OCH3 is 2. The normalized spacial score (nSPS) is 13.9. The third-order valence-electron chi connectivity index (χ3n) is 7.63. The summed E-state index contributed by atoms with van der Waals surface area (Å²) in [6, 6.07) is 19.3. The van der Waals surface area contributed by atoms with E-state index < -0.39 is 10.0 Å². The van der Waals surface area contributed by atoms with Gasteiger partial charge in [-0.3, -0.25) is 14.6 Å². The maximum absolute atomic E-state index is 14.0. The molecule has 0 radical (unpaired) electrons. The third-order valence-corrected chi connectivity index (χ3v) is 10.7. The fourth-order valence-corrected chi connectivity index (χ4v) is 7.72. The molecule has 0 aliphatic carbocycles. The lowest BCUT2D eigenvalue weighted by molar-refractivity contribution is 0.0376. The number of amides is 1. The van der Waals surface area contributed by atoms with Crippen molar-refractivity contribution in [2.24, 2.45) is 0 Å². The highest BCUT2D eigenvalue weighted by molar-refractivity contribution is 7.89. The van der Waals surface area contributed by atoms with Gasteiger partial charge in [0.1, 0.15) is 21.7 Å². The van der Waals surface area contributed by atoms with Gasteiger partial charge in [0.2, 0.25) is 10.0 Å². The number of nitrogens with zero attached hydrogens (tertiary/aromatic N) is 4. The fourth-order valence-electron chi connectivity index (χ4n) is 5.18. The second-order valence-corrected chi connectivity index (χ2v) is 13.3. The first-order chi connectivity index (χ1) is 21.3. The van der Waals surface area contributed by atoms with E-state index >= 15 is 0 Å². The Morgan fingerprint density at radius 2 is 1.64 bits per heavy atom. The minimum absolute atomic E-state index is 0. The summed E-state index contributed by atoms with van der Waals surface area (Å²) in [6.45, 7) is 6.77. The monoisotopic (exact) mass is 674 g/mol. The number of benzene rings is 3. The molecule has 242 valence electrons. The minimum Gasteiger partial charge on any atom is -0.495 e. The summed E-state index contributed by atoms with van der Waals surface area (Å²) in [5, 5.41) is 0.520. The minimum atomic E-state index is -3.77. The Bertz CT molecular complexity index is 1620. The number of halogens is 1. The molecule has 2 heterocycles. The lowest BCUT2D eigenvalue weighted by Gasteiger charge is -2.27. The van der Waals surface area contributed by atoms with Crippen molar-refractivity contribution in [3.63, 3.8) is 0 Å². The van der Waals surface area contributed by atoms with Crippen LogP contribution in [-0.4, -0.2) is 88.7 Å². The van der Waals surface area contributed by atoms with Gasteiger partial charge in [0.15, 0.2) is 5.13 Å². The van der Waals surface area contributed by atoms with Gasteiger partial charge in [-0.15, -0.1) is 12.4 Å². The molecule has 0 saturated carbocycles. The number of carbonyl (C=O) groups excluding carboxylic acids is 1. The number of morpholine rings is 1. The Morgan fingerprint density at radius 1 is 0.978 bits per heavy atom. The first-order valence-corrected chi connectivity index (χ1v) is 16.9. The van der Waals surface area contributed by atoms with E-state index in [1.807, 2.05) is 43.3 Å². The van der Waals surface area contributed by atoms with Gasteiger partial charge in [0, 0.05) is 44.8 Å². The second-order valence-electron chi connectivity index (χ2n) is 10.3. The van der Waals surface area contributed by atoms with Gasteiger partial charge in [-0.05, 0) is 48.4 Å². The molecule has 13 heteroatoms.